The Morgan fingerprint density at radius 2 is 0.768 bits per heavy atom. The highest BCUT2D eigenvalue weighted by Crippen LogP contribution is 2.39. The SMILES string of the molecule is c1ccc(-c2ccc3ccc4ccc(-c5ccc(-c6ccc(-c7cc(-c8ccccc8)c8c(ccc9ccccc98)n7)cc6)c6ccccc56)nc4c3n2)cc1. The Hall–Kier alpha value is -7.49. The third-order valence-electron chi connectivity index (χ3n) is 11.1. The zero-order valence-corrected chi connectivity index (χ0v) is 30.4. The van der Waals surface area contributed by atoms with Crippen molar-refractivity contribution >= 4 is 54.3 Å². The fraction of sp³-hybridized carbons (Fsp3) is 0. The number of nitrogens with zero attached hydrogens (tertiary/aromatic N) is 3. The Morgan fingerprint density at radius 3 is 1.50 bits per heavy atom. The number of benzene rings is 8. The molecule has 8 aromatic carbocycles. The standard InChI is InChI=1S/C53H33N3/c1-3-11-34(12-4-1)46-33-50(54-49-32-25-35-13-7-8-16-42(35)51(46)49)38-21-19-36(20-22-38)41-28-29-45(44-18-10-9-17-43(41)44)48-31-27-40-24-23-39-26-30-47(37-14-5-2-6-15-37)55-52(39)53(40)56-48/h1-33H. The summed E-state index contributed by atoms with van der Waals surface area (Å²) in [6, 6.07) is 70.9. The molecule has 11 rings (SSSR count). The summed E-state index contributed by atoms with van der Waals surface area (Å²) >= 11 is 0. The molecule has 0 spiro atoms. The Kier molecular flexibility index (Phi) is 7.49. The molecule has 0 amide bonds. The van der Waals surface area contributed by atoms with Crippen molar-refractivity contribution in [3.05, 3.63) is 200 Å². The van der Waals surface area contributed by atoms with Crippen molar-refractivity contribution in [3.8, 4) is 56.0 Å². The number of fused-ring (bicyclic) bond motifs is 7. The molecule has 0 unspecified atom stereocenters. The van der Waals surface area contributed by atoms with Gasteiger partial charge in [0.1, 0.15) is 0 Å². The third-order valence-corrected chi connectivity index (χ3v) is 11.1. The van der Waals surface area contributed by atoms with Crippen molar-refractivity contribution in [2.24, 2.45) is 0 Å². The number of rotatable bonds is 5. The van der Waals surface area contributed by atoms with Crippen molar-refractivity contribution in [1.29, 1.82) is 0 Å². The second-order valence-electron chi connectivity index (χ2n) is 14.4. The van der Waals surface area contributed by atoms with Crippen LogP contribution in [0.5, 0.6) is 0 Å². The molecule has 56 heavy (non-hydrogen) atoms. The van der Waals surface area contributed by atoms with E-state index in [0.717, 1.165) is 72.0 Å². The Bertz CT molecular complexity index is 3280. The third kappa shape index (κ3) is 5.40. The Morgan fingerprint density at radius 1 is 0.268 bits per heavy atom. The molecule has 0 aliphatic heterocycles. The summed E-state index contributed by atoms with van der Waals surface area (Å²) < 4.78 is 0. The maximum Gasteiger partial charge on any atom is 0.0972 e. The maximum atomic E-state index is 5.30. The molecule has 0 atom stereocenters. The number of aromatic nitrogens is 3. The molecule has 260 valence electrons. The van der Waals surface area contributed by atoms with E-state index in [1.165, 1.54) is 38.2 Å². The van der Waals surface area contributed by atoms with Crippen molar-refractivity contribution in [3.63, 3.8) is 0 Å². The first-order valence-electron chi connectivity index (χ1n) is 19.0. The Labute approximate surface area is 324 Å². The molecular formula is C53H33N3. The lowest BCUT2D eigenvalue weighted by atomic mass is 9.92. The van der Waals surface area contributed by atoms with Crippen LogP contribution in [0.4, 0.5) is 0 Å². The zero-order valence-electron chi connectivity index (χ0n) is 30.4. The first-order valence-corrected chi connectivity index (χ1v) is 19.0. The topological polar surface area (TPSA) is 38.7 Å². The van der Waals surface area contributed by atoms with Crippen molar-refractivity contribution in [1.82, 2.24) is 15.0 Å². The van der Waals surface area contributed by atoms with E-state index in [1.54, 1.807) is 0 Å². The van der Waals surface area contributed by atoms with E-state index in [2.05, 4.69) is 194 Å². The van der Waals surface area contributed by atoms with Gasteiger partial charge in [-0.15, -0.1) is 0 Å². The average Bonchev–Trinajstić information content (AvgIpc) is 3.28. The van der Waals surface area contributed by atoms with Crippen LogP contribution >= 0.6 is 0 Å². The van der Waals surface area contributed by atoms with Crippen LogP contribution in [0.15, 0.2) is 200 Å². The fourth-order valence-corrected chi connectivity index (χ4v) is 8.28. The van der Waals surface area contributed by atoms with Gasteiger partial charge in [0.25, 0.3) is 0 Å². The van der Waals surface area contributed by atoms with E-state index in [4.69, 9.17) is 15.0 Å². The van der Waals surface area contributed by atoms with Crippen molar-refractivity contribution in [2.45, 2.75) is 0 Å². The molecule has 0 saturated carbocycles. The second-order valence-corrected chi connectivity index (χ2v) is 14.4. The lowest BCUT2D eigenvalue weighted by molar-refractivity contribution is 1.37. The van der Waals surface area contributed by atoms with E-state index in [-0.39, 0.29) is 0 Å². The van der Waals surface area contributed by atoms with Crippen LogP contribution in [-0.4, -0.2) is 15.0 Å². The second kappa shape index (κ2) is 13.1. The van der Waals surface area contributed by atoms with Gasteiger partial charge in [0.05, 0.1) is 33.6 Å². The molecule has 0 N–H and O–H groups in total. The highest BCUT2D eigenvalue weighted by atomic mass is 14.8. The van der Waals surface area contributed by atoms with Gasteiger partial charge in [-0.1, -0.05) is 176 Å². The quantitative estimate of drug-likeness (QED) is 0.167. The Balaban J connectivity index is 0.997. The summed E-state index contributed by atoms with van der Waals surface area (Å²) in [6.45, 7) is 0. The molecule has 0 bridgehead atoms. The van der Waals surface area contributed by atoms with Gasteiger partial charge in [0, 0.05) is 32.8 Å². The molecule has 0 radical (unpaired) electrons. The summed E-state index contributed by atoms with van der Waals surface area (Å²) in [5, 5.41) is 8.12. The predicted octanol–water partition coefficient (Wildman–Crippen LogP) is 14.0. The minimum absolute atomic E-state index is 0.910. The van der Waals surface area contributed by atoms with Crippen LogP contribution < -0.4 is 0 Å². The van der Waals surface area contributed by atoms with Gasteiger partial charge in [-0.25, -0.2) is 15.0 Å². The van der Waals surface area contributed by atoms with Gasteiger partial charge in [-0.05, 0) is 68.1 Å². The summed E-state index contributed by atoms with van der Waals surface area (Å²) in [5.74, 6) is 0. The number of pyridine rings is 3. The van der Waals surface area contributed by atoms with E-state index in [1.807, 2.05) is 6.07 Å². The van der Waals surface area contributed by atoms with Gasteiger partial charge in [-0.2, -0.15) is 0 Å². The first-order chi connectivity index (χ1) is 27.7. The molecule has 0 aliphatic carbocycles. The number of hydrogen-bond acceptors (Lipinski definition) is 3. The largest absolute Gasteiger partial charge is 0.248 e. The molecule has 3 nitrogen and oxygen atoms in total. The van der Waals surface area contributed by atoms with Crippen molar-refractivity contribution in [2.75, 3.05) is 0 Å². The minimum Gasteiger partial charge on any atom is -0.248 e. The van der Waals surface area contributed by atoms with Gasteiger partial charge < -0.3 is 0 Å². The zero-order chi connectivity index (χ0) is 37.0. The predicted molar refractivity (Wildman–Crippen MR) is 235 cm³/mol. The molecular weight excluding hydrogens is 679 g/mol. The fourth-order valence-electron chi connectivity index (χ4n) is 8.28. The van der Waals surface area contributed by atoms with Crippen molar-refractivity contribution < 1.29 is 0 Å². The summed E-state index contributed by atoms with van der Waals surface area (Å²) in [4.78, 5) is 15.7. The molecule has 0 aliphatic rings. The first kappa shape index (κ1) is 32.0. The molecule has 3 heterocycles. The highest BCUT2D eigenvalue weighted by Gasteiger charge is 2.15. The highest BCUT2D eigenvalue weighted by molar-refractivity contribution is 6.14. The van der Waals surface area contributed by atoms with Crippen LogP contribution in [0.1, 0.15) is 0 Å². The van der Waals surface area contributed by atoms with E-state index in [9.17, 15) is 0 Å². The van der Waals surface area contributed by atoms with E-state index >= 15 is 0 Å². The number of hydrogen-bond donors (Lipinski definition) is 0. The summed E-state index contributed by atoms with van der Waals surface area (Å²) in [5.41, 5.74) is 13.6. The van der Waals surface area contributed by atoms with Gasteiger partial charge in [-0.3, -0.25) is 0 Å². The monoisotopic (exact) mass is 711 g/mol. The average molecular weight is 712 g/mol. The summed E-state index contributed by atoms with van der Waals surface area (Å²) in [6.07, 6.45) is 0. The molecule has 3 aromatic heterocycles. The molecule has 0 fully saturated rings. The normalized spacial score (nSPS) is 11.6. The maximum absolute atomic E-state index is 5.30. The van der Waals surface area contributed by atoms with E-state index in [0.29, 0.717) is 0 Å². The van der Waals surface area contributed by atoms with E-state index < -0.39 is 0 Å². The van der Waals surface area contributed by atoms with Gasteiger partial charge in [0.15, 0.2) is 0 Å². The molecule has 11 aromatic rings. The van der Waals surface area contributed by atoms with Crippen LogP contribution in [0.25, 0.3) is 110 Å². The van der Waals surface area contributed by atoms with Gasteiger partial charge >= 0.3 is 0 Å². The smallest absolute Gasteiger partial charge is 0.0972 e. The minimum atomic E-state index is 0.910. The van der Waals surface area contributed by atoms with Gasteiger partial charge in [0.2, 0.25) is 0 Å². The lowest BCUT2D eigenvalue weighted by Crippen LogP contribution is -1.92. The summed E-state index contributed by atoms with van der Waals surface area (Å²) in [7, 11) is 0. The lowest BCUT2D eigenvalue weighted by Gasteiger charge is -2.14. The van der Waals surface area contributed by atoms with Crippen LogP contribution in [0.2, 0.25) is 0 Å². The van der Waals surface area contributed by atoms with Crippen LogP contribution in [-0.2, 0) is 0 Å². The van der Waals surface area contributed by atoms with Crippen LogP contribution in [0.3, 0.4) is 0 Å². The van der Waals surface area contributed by atoms with Crippen LogP contribution in [0, 0.1) is 0 Å². The molecule has 0 saturated heterocycles. The molecule has 3 heteroatoms.